The molecule has 1 aromatic heterocycles. The van der Waals surface area contributed by atoms with Crippen LogP contribution in [-0.4, -0.2) is 17.6 Å². The molecule has 3 heteroatoms. The van der Waals surface area contributed by atoms with Crippen molar-refractivity contribution in [1.29, 1.82) is 0 Å². The second-order valence-corrected chi connectivity index (χ2v) is 3.90. The minimum Gasteiger partial charge on any atom is -0.462 e. The lowest BCUT2D eigenvalue weighted by atomic mass is 10.1. The van der Waals surface area contributed by atoms with Crippen LogP contribution in [0.1, 0.15) is 28.5 Å². The fourth-order valence-electron chi connectivity index (χ4n) is 1.67. The summed E-state index contributed by atoms with van der Waals surface area (Å²) in [7, 11) is 0. The molecule has 0 aliphatic heterocycles. The molecule has 19 heavy (non-hydrogen) atoms. The van der Waals surface area contributed by atoms with Gasteiger partial charge in [0.25, 0.3) is 0 Å². The number of hydrogen-bond acceptors (Lipinski definition) is 3. The third-order valence-corrected chi connectivity index (χ3v) is 2.57. The van der Waals surface area contributed by atoms with Crippen molar-refractivity contribution >= 4 is 18.1 Å². The van der Waals surface area contributed by atoms with Crippen LogP contribution >= 0.6 is 0 Å². The number of hydrogen-bond donors (Lipinski definition) is 0. The van der Waals surface area contributed by atoms with Crippen LogP contribution in [0.4, 0.5) is 0 Å². The molecule has 0 aliphatic carbocycles. The predicted molar refractivity (Wildman–Crippen MR) is 75.6 cm³/mol. The van der Waals surface area contributed by atoms with Gasteiger partial charge in [0.15, 0.2) is 0 Å². The van der Waals surface area contributed by atoms with Crippen molar-refractivity contribution in [3.05, 3.63) is 65.5 Å². The Morgan fingerprint density at radius 2 is 1.95 bits per heavy atom. The van der Waals surface area contributed by atoms with Gasteiger partial charge in [-0.05, 0) is 30.7 Å². The Hall–Kier alpha value is -2.42. The SMILES string of the molecule is CCOC(=O)c1cccnc1C=Cc1ccccc1. The Morgan fingerprint density at radius 3 is 2.68 bits per heavy atom. The Morgan fingerprint density at radius 1 is 1.16 bits per heavy atom. The molecule has 0 amide bonds. The van der Waals surface area contributed by atoms with E-state index in [-0.39, 0.29) is 5.97 Å². The van der Waals surface area contributed by atoms with Crippen molar-refractivity contribution < 1.29 is 9.53 Å². The molecule has 0 unspecified atom stereocenters. The normalized spacial score (nSPS) is 10.6. The highest BCUT2D eigenvalue weighted by Crippen LogP contribution is 2.12. The molecule has 0 aliphatic rings. The summed E-state index contributed by atoms with van der Waals surface area (Å²) in [6.07, 6.45) is 5.40. The van der Waals surface area contributed by atoms with Crippen molar-refractivity contribution in [3.63, 3.8) is 0 Å². The van der Waals surface area contributed by atoms with Crippen molar-refractivity contribution in [2.75, 3.05) is 6.61 Å². The highest BCUT2D eigenvalue weighted by atomic mass is 16.5. The van der Waals surface area contributed by atoms with Gasteiger partial charge in [0.2, 0.25) is 0 Å². The molecule has 0 bridgehead atoms. The maximum absolute atomic E-state index is 11.8. The molecular formula is C16H15NO2. The molecule has 0 N–H and O–H groups in total. The lowest BCUT2D eigenvalue weighted by molar-refractivity contribution is 0.0525. The molecule has 0 radical (unpaired) electrons. The first-order chi connectivity index (χ1) is 9.31. The van der Waals surface area contributed by atoms with Gasteiger partial charge >= 0.3 is 5.97 Å². The number of ether oxygens (including phenoxy) is 1. The number of esters is 1. The van der Waals surface area contributed by atoms with Crippen LogP contribution in [0.15, 0.2) is 48.7 Å². The van der Waals surface area contributed by atoms with Gasteiger partial charge in [0, 0.05) is 6.20 Å². The fourth-order valence-corrected chi connectivity index (χ4v) is 1.67. The van der Waals surface area contributed by atoms with Crippen molar-refractivity contribution in [1.82, 2.24) is 4.98 Å². The first kappa shape index (κ1) is 13.0. The van der Waals surface area contributed by atoms with Gasteiger partial charge in [-0.1, -0.05) is 36.4 Å². The number of carbonyl (C=O) groups is 1. The maximum atomic E-state index is 11.8. The third kappa shape index (κ3) is 3.52. The van der Waals surface area contributed by atoms with Crippen LogP contribution in [0, 0.1) is 0 Å². The van der Waals surface area contributed by atoms with E-state index in [9.17, 15) is 4.79 Å². The average molecular weight is 253 g/mol. The molecule has 96 valence electrons. The molecule has 2 aromatic rings. The monoisotopic (exact) mass is 253 g/mol. The topological polar surface area (TPSA) is 39.2 Å². The molecule has 0 saturated heterocycles. The molecule has 3 nitrogen and oxygen atoms in total. The molecule has 0 fully saturated rings. The van der Waals surface area contributed by atoms with Crippen molar-refractivity contribution in [2.24, 2.45) is 0 Å². The second-order valence-electron chi connectivity index (χ2n) is 3.90. The van der Waals surface area contributed by atoms with E-state index in [1.807, 2.05) is 42.5 Å². The lowest BCUT2D eigenvalue weighted by Gasteiger charge is -2.04. The minimum atomic E-state index is -0.344. The summed E-state index contributed by atoms with van der Waals surface area (Å²) in [5.41, 5.74) is 2.16. The number of carbonyl (C=O) groups excluding carboxylic acids is 1. The zero-order chi connectivity index (χ0) is 13.5. The summed E-state index contributed by atoms with van der Waals surface area (Å²) in [4.78, 5) is 16.0. The van der Waals surface area contributed by atoms with Crippen LogP contribution in [-0.2, 0) is 4.74 Å². The number of nitrogens with zero attached hydrogens (tertiary/aromatic N) is 1. The number of pyridine rings is 1. The van der Waals surface area contributed by atoms with E-state index in [4.69, 9.17) is 4.74 Å². The first-order valence-corrected chi connectivity index (χ1v) is 6.16. The van der Waals surface area contributed by atoms with E-state index < -0.39 is 0 Å². The fraction of sp³-hybridized carbons (Fsp3) is 0.125. The van der Waals surface area contributed by atoms with Crippen molar-refractivity contribution in [3.8, 4) is 0 Å². The highest BCUT2D eigenvalue weighted by molar-refractivity contribution is 5.93. The third-order valence-electron chi connectivity index (χ3n) is 2.57. The maximum Gasteiger partial charge on any atom is 0.340 e. The molecule has 0 spiro atoms. The minimum absolute atomic E-state index is 0.344. The summed E-state index contributed by atoms with van der Waals surface area (Å²) in [6, 6.07) is 13.3. The molecule has 2 rings (SSSR count). The van der Waals surface area contributed by atoms with Crippen molar-refractivity contribution in [2.45, 2.75) is 6.92 Å². The summed E-state index contributed by atoms with van der Waals surface area (Å²) in [5.74, 6) is -0.344. The second kappa shape index (κ2) is 6.50. The van der Waals surface area contributed by atoms with Gasteiger partial charge in [0.1, 0.15) is 0 Å². The number of benzene rings is 1. The average Bonchev–Trinajstić information content (AvgIpc) is 2.47. The summed E-state index contributed by atoms with van der Waals surface area (Å²) >= 11 is 0. The Bertz CT molecular complexity index is 576. The standard InChI is InChI=1S/C16H15NO2/c1-2-19-16(18)14-9-6-12-17-15(14)11-10-13-7-4-3-5-8-13/h3-12H,2H2,1H3. The van der Waals surface area contributed by atoms with Crippen LogP contribution in [0.5, 0.6) is 0 Å². The van der Waals surface area contributed by atoms with E-state index in [2.05, 4.69) is 4.98 Å². The summed E-state index contributed by atoms with van der Waals surface area (Å²) in [6.45, 7) is 2.14. The van der Waals surface area contributed by atoms with Gasteiger partial charge in [-0.3, -0.25) is 4.98 Å². The Labute approximate surface area is 112 Å². The summed E-state index contributed by atoms with van der Waals surface area (Å²) in [5, 5.41) is 0. The molecular weight excluding hydrogens is 238 g/mol. The number of aromatic nitrogens is 1. The van der Waals surface area contributed by atoms with Crippen LogP contribution in [0.25, 0.3) is 12.2 Å². The quantitative estimate of drug-likeness (QED) is 0.784. The molecule has 0 atom stereocenters. The zero-order valence-corrected chi connectivity index (χ0v) is 10.7. The van der Waals surface area contributed by atoms with Crippen LogP contribution in [0.2, 0.25) is 0 Å². The Kier molecular flexibility index (Phi) is 4.45. The van der Waals surface area contributed by atoms with E-state index in [0.717, 1.165) is 5.56 Å². The first-order valence-electron chi connectivity index (χ1n) is 6.16. The van der Waals surface area contributed by atoms with Gasteiger partial charge in [0.05, 0.1) is 17.9 Å². The van der Waals surface area contributed by atoms with Gasteiger partial charge in [-0.15, -0.1) is 0 Å². The molecule has 1 aromatic carbocycles. The highest BCUT2D eigenvalue weighted by Gasteiger charge is 2.10. The van der Waals surface area contributed by atoms with E-state index in [0.29, 0.717) is 17.9 Å². The largest absolute Gasteiger partial charge is 0.462 e. The smallest absolute Gasteiger partial charge is 0.340 e. The van der Waals surface area contributed by atoms with E-state index >= 15 is 0 Å². The summed E-state index contributed by atoms with van der Waals surface area (Å²) < 4.78 is 5.01. The Balaban J connectivity index is 2.25. The van der Waals surface area contributed by atoms with E-state index in [1.165, 1.54) is 0 Å². The number of rotatable bonds is 4. The van der Waals surface area contributed by atoms with Crippen LogP contribution in [0.3, 0.4) is 0 Å². The van der Waals surface area contributed by atoms with Gasteiger partial charge < -0.3 is 4.74 Å². The molecule has 0 saturated carbocycles. The molecule has 1 heterocycles. The van der Waals surface area contributed by atoms with Gasteiger partial charge in [-0.2, -0.15) is 0 Å². The van der Waals surface area contributed by atoms with Crippen LogP contribution < -0.4 is 0 Å². The lowest BCUT2D eigenvalue weighted by Crippen LogP contribution is -2.07. The van der Waals surface area contributed by atoms with E-state index in [1.54, 1.807) is 25.3 Å². The zero-order valence-electron chi connectivity index (χ0n) is 10.7. The predicted octanol–water partition coefficient (Wildman–Crippen LogP) is 3.43. The van der Waals surface area contributed by atoms with Gasteiger partial charge in [-0.25, -0.2) is 4.79 Å².